The number of rotatable bonds is 4. The van der Waals surface area contributed by atoms with Crippen LogP contribution in [0.2, 0.25) is 0 Å². The van der Waals surface area contributed by atoms with Crippen molar-refractivity contribution in [2.24, 2.45) is 0 Å². The monoisotopic (exact) mass is 322 g/mol. The summed E-state index contributed by atoms with van der Waals surface area (Å²) in [6.07, 6.45) is 1.73. The standard InChI is InChI=1S/C18H14N2O2S/c21-16(20-18(22)14-6-2-1-3-7-14)12-23-15-10-4-8-13-9-5-11-19-17(13)15/h1-11H,12H2,(H,20,21,22). The molecule has 23 heavy (non-hydrogen) atoms. The van der Waals surface area contributed by atoms with Crippen molar-refractivity contribution in [1.82, 2.24) is 10.3 Å². The van der Waals surface area contributed by atoms with Crippen LogP contribution in [0.5, 0.6) is 0 Å². The summed E-state index contributed by atoms with van der Waals surface area (Å²) in [4.78, 5) is 29.2. The molecular formula is C18H14N2O2S. The second-order valence-electron chi connectivity index (χ2n) is 4.86. The van der Waals surface area contributed by atoms with Crippen LogP contribution >= 0.6 is 11.8 Å². The Kier molecular flexibility index (Phi) is 4.68. The minimum atomic E-state index is -0.382. The lowest BCUT2D eigenvalue weighted by molar-refractivity contribution is -0.117. The number of aromatic nitrogens is 1. The first-order chi connectivity index (χ1) is 11.2. The highest BCUT2D eigenvalue weighted by atomic mass is 32.2. The Bertz CT molecular complexity index is 845. The quantitative estimate of drug-likeness (QED) is 0.749. The number of fused-ring (bicyclic) bond motifs is 1. The number of benzene rings is 2. The molecule has 0 saturated heterocycles. The van der Waals surface area contributed by atoms with Gasteiger partial charge in [0.2, 0.25) is 5.91 Å². The largest absolute Gasteiger partial charge is 0.292 e. The predicted octanol–water partition coefficient (Wildman–Crippen LogP) is 3.28. The van der Waals surface area contributed by atoms with Crippen LogP contribution in [0.3, 0.4) is 0 Å². The molecule has 0 bridgehead atoms. The van der Waals surface area contributed by atoms with Crippen molar-refractivity contribution in [3.8, 4) is 0 Å². The number of amides is 2. The minimum Gasteiger partial charge on any atom is -0.292 e. The number of para-hydroxylation sites is 1. The molecule has 2 amide bonds. The molecule has 1 N–H and O–H groups in total. The van der Waals surface area contributed by atoms with E-state index < -0.39 is 0 Å². The molecule has 4 nitrogen and oxygen atoms in total. The molecule has 3 aromatic rings. The molecule has 114 valence electrons. The van der Waals surface area contributed by atoms with Gasteiger partial charge in [0.15, 0.2) is 0 Å². The number of nitrogens with one attached hydrogen (secondary N) is 1. The maximum atomic E-state index is 12.0. The second kappa shape index (κ2) is 7.07. The Morgan fingerprint density at radius 2 is 1.74 bits per heavy atom. The zero-order valence-electron chi connectivity index (χ0n) is 12.2. The molecule has 0 fully saturated rings. The molecule has 1 heterocycles. The van der Waals surface area contributed by atoms with Gasteiger partial charge in [-0.25, -0.2) is 0 Å². The summed E-state index contributed by atoms with van der Waals surface area (Å²) in [5.74, 6) is -0.544. The van der Waals surface area contributed by atoms with Crippen LogP contribution in [0, 0.1) is 0 Å². The van der Waals surface area contributed by atoms with Gasteiger partial charge < -0.3 is 0 Å². The maximum Gasteiger partial charge on any atom is 0.257 e. The van der Waals surface area contributed by atoms with Crippen LogP contribution in [-0.4, -0.2) is 22.6 Å². The van der Waals surface area contributed by atoms with Gasteiger partial charge in [0.25, 0.3) is 5.91 Å². The van der Waals surface area contributed by atoms with Crippen LogP contribution in [0.1, 0.15) is 10.4 Å². The van der Waals surface area contributed by atoms with Crippen molar-refractivity contribution in [3.05, 3.63) is 72.4 Å². The highest BCUT2D eigenvalue weighted by Gasteiger charge is 2.11. The van der Waals surface area contributed by atoms with Crippen molar-refractivity contribution in [3.63, 3.8) is 0 Å². The van der Waals surface area contributed by atoms with Gasteiger partial charge in [-0.3, -0.25) is 19.9 Å². The third kappa shape index (κ3) is 3.76. The third-order valence-corrected chi connectivity index (χ3v) is 4.29. The number of hydrogen-bond acceptors (Lipinski definition) is 4. The second-order valence-corrected chi connectivity index (χ2v) is 5.88. The van der Waals surface area contributed by atoms with Crippen molar-refractivity contribution >= 4 is 34.5 Å². The smallest absolute Gasteiger partial charge is 0.257 e. The lowest BCUT2D eigenvalue weighted by Crippen LogP contribution is -2.31. The Balaban J connectivity index is 1.64. The molecule has 0 saturated carbocycles. The van der Waals surface area contributed by atoms with Crippen LogP contribution in [0.25, 0.3) is 10.9 Å². The lowest BCUT2D eigenvalue weighted by Gasteiger charge is -2.06. The minimum absolute atomic E-state index is 0.161. The molecule has 0 spiro atoms. The SMILES string of the molecule is O=C(CSc1cccc2cccnc12)NC(=O)c1ccccc1. The molecule has 1 aromatic heterocycles. The molecule has 5 heteroatoms. The van der Waals surface area contributed by atoms with E-state index in [4.69, 9.17) is 0 Å². The molecule has 0 aliphatic rings. The van der Waals surface area contributed by atoms with E-state index in [1.54, 1.807) is 30.5 Å². The van der Waals surface area contributed by atoms with Crippen LogP contribution < -0.4 is 5.32 Å². The van der Waals surface area contributed by atoms with Crippen LogP contribution in [-0.2, 0) is 4.79 Å². The van der Waals surface area contributed by atoms with E-state index in [2.05, 4.69) is 10.3 Å². The van der Waals surface area contributed by atoms with E-state index in [1.807, 2.05) is 36.4 Å². The summed E-state index contributed by atoms with van der Waals surface area (Å²) in [5, 5.41) is 3.42. The first-order valence-corrected chi connectivity index (χ1v) is 8.08. The molecule has 0 radical (unpaired) electrons. The number of imide groups is 1. The Hall–Kier alpha value is -2.66. The number of thioether (sulfide) groups is 1. The first-order valence-electron chi connectivity index (χ1n) is 7.10. The summed E-state index contributed by atoms with van der Waals surface area (Å²) in [6.45, 7) is 0. The van der Waals surface area contributed by atoms with Gasteiger partial charge >= 0.3 is 0 Å². The number of carbonyl (C=O) groups is 2. The fraction of sp³-hybridized carbons (Fsp3) is 0.0556. The highest BCUT2D eigenvalue weighted by molar-refractivity contribution is 8.00. The zero-order valence-corrected chi connectivity index (χ0v) is 13.0. The first kappa shape index (κ1) is 15.2. The van der Waals surface area contributed by atoms with Crippen LogP contribution in [0.15, 0.2) is 71.8 Å². The number of hydrogen-bond donors (Lipinski definition) is 1. The van der Waals surface area contributed by atoms with Gasteiger partial charge in [0.1, 0.15) is 0 Å². The molecule has 0 aliphatic heterocycles. The van der Waals surface area contributed by atoms with Gasteiger partial charge in [0, 0.05) is 22.0 Å². The molecule has 3 rings (SSSR count). The number of pyridine rings is 1. The van der Waals surface area contributed by atoms with Gasteiger partial charge in [-0.15, -0.1) is 11.8 Å². The van der Waals surface area contributed by atoms with Crippen molar-refractivity contribution < 1.29 is 9.59 Å². The van der Waals surface area contributed by atoms with Crippen molar-refractivity contribution in [1.29, 1.82) is 0 Å². The Morgan fingerprint density at radius 3 is 2.57 bits per heavy atom. The summed E-state index contributed by atoms with van der Waals surface area (Å²) in [7, 11) is 0. The van der Waals surface area contributed by atoms with Gasteiger partial charge in [-0.1, -0.05) is 36.4 Å². The van der Waals surface area contributed by atoms with E-state index in [-0.39, 0.29) is 17.6 Å². The van der Waals surface area contributed by atoms with Crippen molar-refractivity contribution in [2.45, 2.75) is 4.90 Å². The van der Waals surface area contributed by atoms with Crippen LogP contribution in [0.4, 0.5) is 0 Å². The average molecular weight is 322 g/mol. The fourth-order valence-electron chi connectivity index (χ4n) is 2.16. The molecule has 0 aliphatic carbocycles. The number of nitrogens with zero attached hydrogens (tertiary/aromatic N) is 1. The fourth-order valence-corrected chi connectivity index (χ4v) is 3.00. The van der Waals surface area contributed by atoms with E-state index >= 15 is 0 Å². The normalized spacial score (nSPS) is 10.4. The summed E-state index contributed by atoms with van der Waals surface area (Å²) in [6, 6.07) is 18.4. The average Bonchev–Trinajstić information content (AvgIpc) is 2.60. The lowest BCUT2D eigenvalue weighted by atomic mass is 10.2. The summed E-state index contributed by atoms with van der Waals surface area (Å²) < 4.78 is 0. The van der Waals surface area contributed by atoms with E-state index in [0.717, 1.165) is 15.8 Å². The third-order valence-electron chi connectivity index (χ3n) is 3.24. The van der Waals surface area contributed by atoms with E-state index in [0.29, 0.717) is 5.56 Å². The van der Waals surface area contributed by atoms with Gasteiger partial charge in [0.05, 0.1) is 11.3 Å². The molecular weight excluding hydrogens is 308 g/mol. The van der Waals surface area contributed by atoms with Gasteiger partial charge in [-0.05, 0) is 24.3 Å². The Labute approximate surface area is 137 Å². The van der Waals surface area contributed by atoms with E-state index in [9.17, 15) is 9.59 Å². The van der Waals surface area contributed by atoms with E-state index in [1.165, 1.54) is 11.8 Å². The molecule has 2 aromatic carbocycles. The molecule has 0 unspecified atom stereocenters. The molecule has 0 atom stereocenters. The zero-order chi connectivity index (χ0) is 16.1. The maximum absolute atomic E-state index is 12.0. The highest BCUT2D eigenvalue weighted by Crippen LogP contribution is 2.25. The Morgan fingerprint density at radius 1 is 0.957 bits per heavy atom. The van der Waals surface area contributed by atoms with Gasteiger partial charge in [-0.2, -0.15) is 0 Å². The van der Waals surface area contributed by atoms with Crippen molar-refractivity contribution in [2.75, 3.05) is 5.75 Å². The predicted molar refractivity (Wildman–Crippen MR) is 91.4 cm³/mol. The number of carbonyl (C=O) groups excluding carboxylic acids is 2. The summed E-state index contributed by atoms with van der Waals surface area (Å²) in [5.41, 5.74) is 1.33. The summed E-state index contributed by atoms with van der Waals surface area (Å²) >= 11 is 1.37. The topological polar surface area (TPSA) is 59.1 Å².